The van der Waals surface area contributed by atoms with Gasteiger partial charge >= 0.3 is 0 Å². The van der Waals surface area contributed by atoms with Crippen LogP contribution in [0.3, 0.4) is 0 Å². The summed E-state index contributed by atoms with van der Waals surface area (Å²) in [7, 11) is 0. The van der Waals surface area contributed by atoms with E-state index in [0.29, 0.717) is 5.82 Å². The van der Waals surface area contributed by atoms with Crippen LogP contribution >= 0.6 is 0 Å². The molecule has 3 nitrogen and oxygen atoms in total. The third-order valence-corrected chi connectivity index (χ3v) is 13.0. The van der Waals surface area contributed by atoms with Gasteiger partial charge in [0.2, 0.25) is 0 Å². The molecule has 63 heavy (non-hydrogen) atoms. The van der Waals surface area contributed by atoms with Gasteiger partial charge in [-0.2, -0.15) is 0 Å². The smallest absolute Gasteiger partial charge is 0.160 e. The van der Waals surface area contributed by atoms with Crippen molar-refractivity contribution in [3.8, 4) is 78.4 Å². The lowest BCUT2D eigenvalue weighted by Crippen LogP contribution is -2.22. The molecule has 0 bridgehead atoms. The Hall–Kier alpha value is -8.14. The summed E-state index contributed by atoms with van der Waals surface area (Å²) >= 11 is 0. The van der Waals surface area contributed by atoms with Crippen LogP contribution in [0, 0.1) is 0 Å². The zero-order valence-electron chi connectivity index (χ0n) is 34.7. The number of nitrogens with zero attached hydrogens (tertiary/aromatic N) is 2. The minimum atomic E-state index is -0.298. The SMILES string of the molecule is CC1(c2ccccc2)c2ccccc2-c2ccc(-c3cc(-c4ccc(-c5ccc(-c6ccc(-c7ccc8oc9ccccc9c8c7)cc6)cc5)cc4)nc(-c4ccccc4)n3)cc21. The average Bonchev–Trinajstić information content (AvgIpc) is 3.87. The fourth-order valence-corrected chi connectivity index (χ4v) is 9.64. The summed E-state index contributed by atoms with van der Waals surface area (Å²) in [5, 5.41) is 2.29. The highest BCUT2D eigenvalue weighted by Crippen LogP contribution is 2.53. The van der Waals surface area contributed by atoms with E-state index in [2.05, 4.69) is 201 Å². The summed E-state index contributed by atoms with van der Waals surface area (Å²) < 4.78 is 6.06. The molecule has 0 aliphatic heterocycles. The van der Waals surface area contributed by atoms with E-state index in [-0.39, 0.29) is 5.41 Å². The van der Waals surface area contributed by atoms with E-state index in [1.807, 2.05) is 30.3 Å². The van der Waals surface area contributed by atoms with Crippen LogP contribution in [0.25, 0.3) is 100 Å². The van der Waals surface area contributed by atoms with Crippen LogP contribution < -0.4 is 0 Å². The molecule has 0 amide bonds. The monoisotopic (exact) mass is 804 g/mol. The van der Waals surface area contributed by atoms with Crippen LogP contribution in [0.2, 0.25) is 0 Å². The highest BCUT2D eigenvalue weighted by molar-refractivity contribution is 6.06. The zero-order chi connectivity index (χ0) is 41.9. The average molecular weight is 805 g/mol. The molecule has 0 N–H and O–H groups in total. The van der Waals surface area contributed by atoms with Crippen molar-refractivity contribution >= 4 is 21.9 Å². The Labute approximate surface area is 366 Å². The maximum absolute atomic E-state index is 6.06. The highest BCUT2D eigenvalue weighted by Gasteiger charge is 2.40. The van der Waals surface area contributed by atoms with Gasteiger partial charge in [0, 0.05) is 32.9 Å². The van der Waals surface area contributed by atoms with Gasteiger partial charge in [-0.05, 0) is 98.5 Å². The van der Waals surface area contributed by atoms with Crippen LogP contribution in [-0.2, 0) is 5.41 Å². The molecule has 1 aliphatic carbocycles. The summed E-state index contributed by atoms with van der Waals surface area (Å²) in [6, 6.07) is 80.1. The molecule has 0 saturated heterocycles. The number of hydrogen-bond donors (Lipinski definition) is 0. The minimum absolute atomic E-state index is 0.298. The Balaban J connectivity index is 0.843. The van der Waals surface area contributed by atoms with Crippen molar-refractivity contribution in [3.05, 3.63) is 241 Å². The first-order valence-corrected chi connectivity index (χ1v) is 21.5. The van der Waals surface area contributed by atoms with Gasteiger partial charge < -0.3 is 4.42 Å². The molecule has 0 saturated carbocycles. The largest absolute Gasteiger partial charge is 0.456 e. The molecule has 0 fully saturated rings. The summed E-state index contributed by atoms with van der Waals surface area (Å²) in [4.78, 5) is 10.4. The summed E-state index contributed by atoms with van der Waals surface area (Å²) in [6.07, 6.45) is 0. The summed E-state index contributed by atoms with van der Waals surface area (Å²) in [5.41, 5.74) is 19.9. The number of aromatic nitrogens is 2. The lowest BCUT2D eigenvalue weighted by Gasteiger charge is -2.28. The van der Waals surface area contributed by atoms with E-state index in [1.165, 1.54) is 50.1 Å². The van der Waals surface area contributed by atoms with Gasteiger partial charge in [-0.25, -0.2) is 9.97 Å². The number of hydrogen-bond acceptors (Lipinski definition) is 3. The Morgan fingerprint density at radius 3 is 1.51 bits per heavy atom. The standard InChI is InChI=1S/C60H40N2O/c1-60(48-14-6-3-7-15-48)53-18-10-8-16-49(53)50-34-32-47(37-54(50)60)56-38-55(61-59(62-56)45-12-4-2-5-13-45)44-30-28-42(29-31-44)40-22-20-39(21-23-40)41-24-26-43(27-25-41)46-33-35-58-52(36-46)51-17-9-11-19-57(51)63-58/h2-38H,1H3. The number of benzene rings is 9. The molecule has 296 valence electrons. The molecule has 1 atom stereocenters. The first kappa shape index (κ1) is 36.7. The number of fused-ring (bicyclic) bond motifs is 6. The van der Waals surface area contributed by atoms with Gasteiger partial charge in [0.1, 0.15) is 11.2 Å². The maximum atomic E-state index is 6.06. The van der Waals surface area contributed by atoms with Gasteiger partial charge in [0.05, 0.1) is 11.4 Å². The van der Waals surface area contributed by atoms with Crippen molar-refractivity contribution < 1.29 is 4.42 Å². The summed E-state index contributed by atoms with van der Waals surface area (Å²) in [5.74, 6) is 0.707. The quantitative estimate of drug-likeness (QED) is 0.161. The number of rotatable bonds is 7. The molecule has 0 radical (unpaired) electrons. The van der Waals surface area contributed by atoms with Gasteiger partial charge in [-0.15, -0.1) is 0 Å². The molecule has 2 heterocycles. The van der Waals surface area contributed by atoms with E-state index in [4.69, 9.17) is 14.4 Å². The van der Waals surface area contributed by atoms with Crippen molar-refractivity contribution in [2.45, 2.75) is 12.3 Å². The van der Waals surface area contributed by atoms with Crippen molar-refractivity contribution in [1.29, 1.82) is 0 Å². The van der Waals surface area contributed by atoms with E-state index in [1.54, 1.807) is 0 Å². The van der Waals surface area contributed by atoms with Crippen molar-refractivity contribution in [1.82, 2.24) is 9.97 Å². The Bertz CT molecular complexity index is 3480. The van der Waals surface area contributed by atoms with Gasteiger partial charge in [-0.1, -0.05) is 194 Å². The normalized spacial score (nSPS) is 14.2. The van der Waals surface area contributed by atoms with Crippen LogP contribution in [0.15, 0.2) is 229 Å². The second-order valence-corrected chi connectivity index (χ2v) is 16.7. The molecule has 0 spiro atoms. The first-order valence-electron chi connectivity index (χ1n) is 21.5. The predicted octanol–water partition coefficient (Wildman–Crippen LogP) is 15.7. The van der Waals surface area contributed by atoms with Gasteiger partial charge in [-0.3, -0.25) is 0 Å². The fraction of sp³-hybridized carbons (Fsp3) is 0.0333. The van der Waals surface area contributed by atoms with Crippen LogP contribution in [-0.4, -0.2) is 9.97 Å². The fourth-order valence-electron chi connectivity index (χ4n) is 9.64. The number of furan rings is 1. The molecule has 2 aromatic heterocycles. The molecule has 1 aliphatic rings. The van der Waals surface area contributed by atoms with Crippen LogP contribution in [0.4, 0.5) is 0 Å². The second-order valence-electron chi connectivity index (χ2n) is 16.7. The van der Waals surface area contributed by atoms with E-state index >= 15 is 0 Å². The minimum Gasteiger partial charge on any atom is -0.456 e. The zero-order valence-corrected chi connectivity index (χ0v) is 34.7. The molecule has 9 aromatic carbocycles. The molecular formula is C60H40N2O. The molecular weight excluding hydrogens is 765 g/mol. The third kappa shape index (κ3) is 6.28. The Morgan fingerprint density at radius 1 is 0.333 bits per heavy atom. The number of para-hydroxylation sites is 1. The van der Waals surface area contributed by atoms with Crippen LogP contribution in [0.5, 0.6) is 0 Å². The van der Waals surface area contributed by atoms with Gasteiger partial charge in [0.25, 0.3) is 0 Å². The van der Waals surface area contributed by atoms with Crippen molar-refractivity contribution in [2.75, 3.05) is 0 Å². The van der Waals surface area contributed by atoms with E-state index in [0.717, 1.165) is 61.1 Å². The molecule has 12 rings (SSSR count). The predicted molar refractivity (Wildman–Crippen MR) is 259 cm³/mol. The Kier molecular flexibility index (Phi) is 8.62. The third-order valence-electron chi connectivity index (χ3n) is 13.0. The Morgan fingerprint density at radius 2 is 0.825 bits per heavy atom. The molecule has 11 aromatic rings. The molecule has 1 unspecified atom stereocenters. The summed E-state index contributed by atoms with van der Waals surface area (Å²) in [6.45, 7) is 2.36. The molecule has 3 heteroatoms. The lowest BCUT2D eigenvalue weighted by atomic mass is 9.74. The van der Waals surface area contributed by atoms with E-state index < -0.39 is 0 Å². The maximum Gasteiger partial charge on any atom is 0.160 e. The lowest BCUT2D eigenvalue weighted by molar-refractivity contribution is 0.669. The topological polar surface area (TPSA) is 38.9 Å². The highest BCUT2D eigenvalue weighted by atomic mass is 16.3. The van der Waals surface area contributed by atoms with Crippen molar-refractivity contribution in [2.24, 2.45) is 0 Å². The van der Waals surface area contributed by atoms with Crippen LogP contribution in [0.1, 0.15) is 23.6 Å². The van der Waals surface area contributed by atoms with Crippen molar-refractivity contribution in [3.63, 3.8) is 0 Å². The van der Waals surface area contributed by atoms with Gasteiger partial charge in [0.15, 0.2) is 5.82 Å². The second kappa shape index (κ2) is 14.8. The van der Waals surface area contributed by atoms with E-state index in [9.17, 15) is 0 Å². The first-order chi connectivity index (χ1) is 31.1.